The molecule has 9 heteroatoms. The number of likely N-dealkylation sites (tertiary alicyclic amines) is 1. The minimum Gasteiger partial charge on any atom is -0.488 e. The summed E-state index contributed by atoms with van der Waals surface area (Å²) in [7, 11) is 3.25. The van der Waals surface area contributed by atoms with Crippen molar-refractivity contribution in [2.75, 3.05) is 20.7 Å². The topological polar surface area (TPSA) is 77.1 Å². The molecule has 4 rings (SSSR count). The largest absolute Gasteiger partial charge is 0.488 e. The van der Waals surface area contributed by atoms with Crippen molar-refractivity contribution in [3.8, 4) is 5.75 Å². The van der Waals surface area contributed by atoms with Crippen molar-refractivity contribution in [3.05, 3.63) is 63.9 Å². The van der Waals surface area contributed by atoms with Crippen LogP contribution < -0.4 is 10.1 Å². The molecule has 1 aliphatic heterocycles. The van der Waals surface area contributed by atoms with Crippen molar-refractivity contribution < 1.29 is 28.2 Å². The van der Waals surface area contributed by atoms with Gasteiger partial charge in [0.05, 0.1) is 18.7 Å². The van der Waals surface area contributed by atoms with Gasteiger partial charge in [-0.25, -0.2) is 14.0 Å². The maximum atomic E-state index is 15.1. The summed E-state index contributed by atoms with van der Waals surface area (Å²) in [5.74, 6) is 0.317. The number of esters is 1. The SMILES string of the molecule is CNCc1ccccc1C1CCC(Cc2cc(O[C@H]3C[C@@H](C(=O)OC)N(C(=O)OC(C)(C)C)C3)cc(Cl)c2F)CC1. The second-order valence-corrected chi connectivity index (χ2v) is 12.6. The van der Waals surface area contributed by atoms with Gasteiger partial charge >= 0.3 is 12.1 Å². The third kappa shape index (κ3) is 7.92. The average Bonchev–Trinajstić information content (AvgIpc) is 3.35. The van der Waals surface area contributed by atoms with Gasteiger partial charge in [-0.3, -0.25) is 4.90 Å². The number of hydrogen-bond donors (Lipinski definition) is 1. The number of ether oxygens (including phenoxy) is 3. The monoisotopic (exact) mass is 588 g/mol. The van der Waals surface area contributed by atoms with E-state index in [9.17, 15) is 9.59 Å². The molecule has 0 unspecified atom stereocenters. The molecule has 2 aromatic carbocycles. The van der Waals surface area contributed by atoms with Crippen LogP contribution in [0.5, 0.6) is 5.75 Å². The average molecular weight is 589 g/mol. The molecule has 224 valence electrons. The Morgan fingerprint density at radius 3 is 2.46 bits per heavy atom. The maximum absolute atomic E-state index is 15.1. The Hall–Kier alpha value is -2.84. The number of halogens is 2. The first kappa shape index (κ1) is 31.1. The molecule has 1 aliphatic carbocycles. The van der Waals surface area contributed by atoms with Gasteiger partial charge in [0, 0.05) is 19.0 Å². The number of carbonyl (C=O) groups is 2. The second-order valence-electron chi connectivity index (χ2n) is 12.2. The third-order valence-corrected chi connectivity index (χ3v) is 8.24. The van der Waals surface area contributed by atoms with Gasteiger partial charge in [0.15, 0.2) is 0 Å². The van der Waals surface area contributed by atoms with Crippen LogP contribution >= 0.6 is 11.6 Å². The van der Waals surface area contributed by atoms with E-state index in [2.05, 4.69) is 29.6 Å². The number of nitrogens with one attached hydrogen (secondary N) is 1. The van der Waals surface area contributed by atoms with Crippen molar-refractivity contribution in [2.45, 2.75) is 89.5 Å². The van der Waals surface area contributed by atoms with Crippen LogP contribution in [0.4, 0.5) is 9.18 Å². The standard InChI is InChI=1S/C32H42ClFN2O5/c1-32(2,3)41-31(38)36-19-25(17-28(36)30(37)39-5)40-24-15-23(29(34)27(33)16-24)14-20-10-12-21(13-11-20)26-9-7-6-8-22(26)18-35-4/h6-9,15-16,20-21,25,28,35H,10-14,17-19H2,1-5H3/t20?,21?,25-,28-/m0/s1. The summed E-state index contributed by atoms with van der Waals surface area (Å²) in [6, 6.07) is 10.9. The normalized spacial score (nSPS) is 22.9. The fourth-order valence-corrected chi connectivity index (χ4v) is 6.29. The summed E-state index contributed by atoms with van der Waals surface area (Å²) < 4.78 is 31.7. The molecule has 0 bridgehead atoms. The molecule has 2 fully saturated rings. The van der Waals surface area contributed by atoms with Crippen molar-refractivity contribution in [3.63, 3.8) is 0 Å². The van der Waals surface area contributed by atoms with Gasteiger partial charge in [0.25, 0.3) is 0 Å². The van der Waals surface area contributed by atoms with Crippen LogP contribution in [0.3, 0.4) is 0 Å². The van der Waals surface area contributed by atoms with E-state index in [1.54, 1.807) is 26.8 Å². The molecular weight excluding hydrogens is 547 g/mol. The van der Waals surface area contributed by atoms with E-state index >= 15 is 4.39 Å². The van der Waals surface area contributed by atoms with Gasteiger partial charge < -0.3 is 19.5 Å². The summed E-state index contributed by atoms with van der Waals surface area (Å²) in [6.45, 7) is 6.28. The maximum Gasteiger partial charge on any atom is 0.411 e. The number of hydrogen-bond acceptors (Lipinski definition) is 6. The first-order valence-electron chi connectivity index (χ1n) is 14.4. The predicted octanol–water partition coefficient (Wildman–Crippen LogP) is 6.64. The van der Waals surface area contributed by atoms with Crippen LogP contribution in [0.25, 0.3) is 0 Å². The molecule has 1 heterocycles. The molecular formula is C32H42ClFN2O5. The third-order valence-electron chi connectivity index (χ3n) is 7.96. The van der Waals surface area contributed by atoms with Crippen molar-refractivity contribution in [2.24, 2.45) is 5.92 Å². The quantitative estimate of drug-likeness (QED) is 0.348. The van der Waals surface area contributed by atoms with E-state index in [4.69, 9.17) is 25.8 Å². The Morgan fingerprint density at radius 2 is 1.80 bits per heavy atom. The second kappa shape index (κ2) is 13.4. The zero-order valence-electron chi connectivity index (χ0n) is 24.7. The molecule has 0 spiro atoms. The van der Waals surface area contributed by atoms with Gasteiger partial charge in [-0.1, -0.05) is 35.9 Å². The summed E-state index contributed by atoms with van der Waals surface area (Å²) in [5.41, 5.74) is 2.56. The summed E-state index contributed by atoms with van der Waals surface area (Å²) in [6.07, 6.45) is 3.84. The lowest BCUT2D eigenvalue weighted by molar-refractivity contribution is -0.145. The molecule has 1 amide bonds. The van der Waals surface area contributed by atoms with Gasteiger partial charge in [-0.2, -0.15) is 0 Å². The number of rotatable bonds is 8. The Labute approximate surface area is 247 Å². The lowest BCUT2D eigenvalue weighted by Crippen LogP contribution is -2.44. The number of benzene rings is 2. The lowest BCUT2D eigenvalue weighted by atomic mass is 9.75. The summed E-state index contributed by atoms with van der Waals surface area (Å²) in [5, 5.41) is 3.26. The smallest absolute Gasteiger partial charge is 0.411 e. The van der Waals surface area contributed by atoms with E-state index in [1.807, 2.05) is 7.05 Å². The molecule has 0 radical (unpaired) electrons. The number of amides is 1. The zero-order valence-corrected chi connectivity index (χ0v) is 25.4. The highest BCUT2D eigenvalue weighted by Gasteiger charge is 2.43. The minimum absolute atomic E-state index is 0.00121. The van der Waals surface area contributed by atoms with Gasteiger partial charge in [0.2, 0.25) is 0 Å². The van der Waals surface area contributed by atoms with Gasteiger partial charge in [-0.15, -0.1) is 0 Å². The molecule has 41 heavy (non-hydrogen) atoms. The van der Waals surface area contributed by atoms with Crippen molar-refractivity contribution >= 4 is 23.7 Å². The Kier molecular flexibility index (Phi) is 10.2. The molecule has 2 atom stereocenters. The van der Waals surface area contributed by atoms with Crippen LogP contribution in [-0.2, 0) is 27.2 Å². The van der Waals surface area contributed by atoms with Crippen LogP contribution in [-0.4, -0.2) is 55.4 Å². The lowest BCUT2D eigenvalue weighted by Gasteiger charge is -2.30. The minimum atomic E-state index is -0.830. The highest BCUT2D eigenvalue weighted by molar-refractivity contribution is 6.31. The Balaban J connectivity index is 1.42. The zero-order chi connectivity index (χ0) is 29.7. The summed E-state index contributed by atoms with van der Waals surface area (Å²) in [4.78, 5) is 26.6. The fraction of sp³-hybridized carbons (Fsp3) is 0.562. The summed E-state index contributed by atoms with van der Waals surface area (Å²) >= 11 is 6.31. The highest BCUT2D eigenvalue weighted by atomic mass is 35.5. The van der Waals surface area contributed by atoms with E-state index < -0.39 is 35.6 Å². The van der Waals surface area contributed by atoms with Crippen LogP contribution in [0, 0.1) is 11.7 Å². The van der Waals surface area contributed by atoms with E-state index in [1.165, 1.54) is 29.2 Å². The highest BCUT2D eigenvalue weighted by Crippen LogP contribution is 2.39. The first-order chi connectivity index (χ1) is 19.5. The Morgan fingerprint density at radius 1 is 1.10 bits per heavy atom. The fourth-order valence-electron chi connectivity index (χ4n) is 6.06. The number of nitrogens with zero attached hydrogens (tertiary/aromatic N) is 1. The van der Waals surface area contributed by atoms with Crippen LogP contribution in [0.1, 0.15) is 75.5 Å². The van der Waals surface area contributed by atoms with Crippen LogP contribution in [0.15, 0.2) is 36.4 Å². The van der Waals surface area contributed by atoms with Crippen molar-refractivity contribution in [1.82, 2.24) is 10.2 Å². The molecule has 2 aromatic rings. The van der Waals surface area contributed by atoms with E-state index in [0.29, 0.717) is 29.6 Å². The van der Waals surface area contributed by atoms with E-state index in [-0.39, 0.29) is 18.0 Å². The molecule has 7 nitrogen and oxygen atoms in total. The van der Waals surface area contributed by atoms with Gasteiger partial charge in [0.1, 0.15) is 29.3 Å². The molecule has 1 saturated heterocycles. The van der Waals surface area contributed by atoms with Gasteiger partial charge in [-0.05, 0) is 94.5 Å². The molecule has 1 N–H and O–H groups in total. The molecule has 2 aliphatic rings. The Bertz CT molecular complexity index is 1230. The molecule has 0 aromatic heterocycles. The predicted molar refractivity (Wildman–Crippen MR) is 157 cm³/mol. The van der Waals surface area contributed by atoms with Crippen LogP contribution in [0.2, 0.25) is 5.02 Å². The van der Waals surface area contributed by atoms with E-state index in [0.717, 1.165) is 32.2 Å². The molecule has 1 saturated carbocycles. The van der Waals surface area contributed by atoms with Crippen molar-refractivity contribution in [1.29, 1.82) is 0 Å². The number of carbonyl (C=O) groups excluding carboxylic acids is 2. The first-order valence-corrected chi connectivity index (χ1v) is 14.8. The number of methoxy groups -OCH3 is 1.